The van der Waals surface area contributed by atoms with Gasteiger partial charge in [-0.25, -0.2) is 0 Å². The van der Waals surface area contributed by atoms with Gasteiger partial charge in [-0.1, -0.05) is 0 Å². The lowest BCUT2D eigenvalue weighted by atomic mass is 9.96. The van der Waals surface area contributed by atoms with Crippen LogP contribution in [0.25, 0.3) is 0 Å². The molecule has 0 radical (unpaired) electrons. The summed E-state index contributed by atoms with van der Waals surface area (Å²) in [5, 5.41) is 17.8. The summed E-state index contributed by atoms with van der Waals surface area (Å²) in [6.45, 7) is 5.91. The predicted molar refractivity (Wildman–Crippen MR) is 41.8 cm³/mol. The smallest absolute Gasteiger partial charge is 0.0872 e. The molecule has 1 heterocycles. The molecule has 1 aliphatic rings. The summed E-state index contributed by atoms with van der Waals surface area (Å²) in [6.07, 6.45) is 0. The van der Waals surface area contributed by atoms with Gasteiger partial charge in [-0.2, -0.15) is 5.26 Å². The highest BCUT2D eigenvalue weighted by Gasteiger charge is 2.36. The van der Waals surface area contributed by atoms with Crippen LogP contribution < -0.4 is 0 Å². The number of nitrogens with zero attached hydrogens (tertiary/aromatic N) is 2. The molecular formula is C8H14N2O. The minimum Gasteiger partial charge on any atom is -0.388 e. The second-order valence-corrected chi connectivity index (χ2v) is 3.70. The van der Waals surface area contributed by atoms with Crippen LogP contribution in [0, 0.1) is 17.2 Å². The Kier molecular flexibility index (Phi) is 2.17. The van der Waals surface area contributed by atoms with Gasteiger partial charge in [-0.15, -0.1) is 0 Å². The second kappa shape index (κ2) is 2.80. The van der Waals surface area contributed by atoms with Crippen LogP contribution in [0.15, 0.2) is 0 Å². The Morgan fingerprint density at radius 2 is 2.27 bits per heavy atom. The van der Waals surface area contributed by atoms with E-state index in [1.54, 1.807) is 0 Å². The Hall–Kier alpha value is -0.590. The molecule has 0 bridgehead atoms. The topological polar surface area (TPSA) is 47.3 Å². The van der Waals surface area contributed by atoms with Gasteiger partial charge in [0.15, 0.2) is 0 Å². The highest BCUT2D eigenvalue weighted by molar-refractivity contribution is 4.94. The van der Waals surface area contributed by atoms with E-state index in [9.17, 15) is 5.11 Å². The summed E-state index contributed by atoms with van der Waals surface area (Å²) in [6, 6.07) is 2.17. The molecule has 1 N–H and O–H groups in total. The van der Waals surface area contributed by atoms with Crippen molar-refractivity contribution in [3.05, 3.63) is 0 Å². The Balaban J connectivity index is 2.20. The van der Waals surface area contributed by atoms with Crippen LogP contribution in [0.4, 0.5) is 0 Å². The Morgan fingerprint density at radius 3 is 2.64 bits per heavy atom. The van der Waals surface area contributed by atoms with Crippen molar-refractivity contribution in [2.75, 3.05) is 19.6 Å². The molecule has 1 aliphatic heterocycles. The Bertz CT molecular complexity index is 175. The first-order valence-electron chi connectivity index (χ1n) is 3.88. The van der Waals surface area contributed by atoms with Gasteiger partial charge in [0, 0.05) is 19.6 Å². The number of hydrogen-bond donors (Lipinski definition) is 1. The van der Waals surface area contributed by atoms with E-state index in [1.165, 1.54) is 0 Å². The molecule has 3 heteroatoms. The van der Waals surface area contributed by atoms with Crippen LogP contribution in [0.3, 0.4) is 0 Å². The number of likely N-dealkylation sites (tertiary alicyclic amines) is 1. The van der Waals surface area contributed by atoms with Crippen LogP contribution in [0.5, 0.6) is 0 Å². The first-order valence-corrected chi connectivity index (χ1v) is 3.88. The fraction of sp³-hybridized carbons (Fsp3) is 0.875. The standard InChI is InChI=1S/C8H14N2O/c1-7(3-9)4-10-5-8(2,11)6-10/h7,11H,4-6H2,1-2H3. The SMILES string of the molecule is CC(C#N)CN1CC(C)(O)C1. The number of aliphatic hydroxyl groups is 1. The zero-order chi connectivity index (χ0) is 8.48. The number of β-amino-alcohol motifs (C(OH)–C–C–N with tert-alkyl or cyclic N) is 1. The molecule has 1 fully saturated rings. The molecule has 3 nitrogen and oxygen atoms in total. The summed E-state index contributed by atoms with van der Waals surface area (Å²) < 4.78 is 0. The van der Waals surface area contributed by atoms with Gasteiger partial charge >= 0.3 is 0 Å². The molecule has 1 unspecified atom stereocenters. The van der Waals surface area contributed by atoms with Crippen molar-refractivity contribution in [1.82, 2.24) is 4.90 Å². The van der Waals surface area contributed by atoms with E-state index in [1.807, 2.05) is 13.8 Å². The minimum atomic E-state index is -0.505. The van der Waals surface area contributed by atoms with E-state index >= 15 is 0 Å². The van der Waals surface area contributed by atoms with Crippen molar-refractivity contribution in [2.45, 2.75) is 19.4 Å². The van der Waals surface area contributed by atoms with Gasteiger partial charge in [0.2, 0.25) is 0 Å². The van der Waals surface area contributed by atoms with Crippen LogP contribution in [0.2, 0.25) is 0 Å². The molecule has 0 aromatic rings. The molecule has 62 valence electrons. The second-order valence-electron chi connectivity index (χ2n) is 3.70. The highest BCUT2D eigenvalue weighted by Crippen LogP contribution is 2.20. The zero-order valence-corrected chi connectivity index (χ0v) is 7.04. The van der Waals surface area contributed by atoms with Crippen molar-refractivity contribution >= 4 is 0 Å². The van der Waals surface area contributed by atoms with Crippen molar-refractivity contribution in [2.24, 2.45) is 5.92 Å². The lowest BCUT2D eigenvalue weighted by Gasteiger charge is -2.44. The zero-order valence-electron chi connectivity index (χ0n) is 7.04. The molecule has 1 rings (SSSR count). The minimum absolute atomic E-state index is 0.0751. The van der Waals surface area contributed by atoms with Crippen molar-refractivity contribution in [3.63, 3.8) is 0 Å². The normalized spacial score (nSPS) is 25.3. The molecule has 0 amide bonds. The Labute approximate surface area is 67.2 Å². The summed E-state index contributed by atoms with van der Waals surface area (Å²) in [4.78, 5) is 2.09. The van der Waals surface area contributed by atoms with Crippen molar-refractivity contribution in [1.29, 1.82) is 5.26 Å². The average molecular weight is 154 g/mol. The maximum atomic E-state index is 9.34. The molecule has 0 spiro atoms. The number of nitriles is 1. The third-order valence-electron chi connectivity index (χ3n) is 1.88. The first kappa shape index (κ1) is 8.51. The van der Waals surface area contributed by atoms with E-state index < -0.39 is 5.60 Å². The van der Waals surface area contributed by atoms with Crippen LogP contribution in [-0.2, 0) is 0 Å². The Morgan fingerprint density at radius 1 is 1.73 bits per heavy atom. The maximum Gasteiger partial charge on any atom is 0.0872 e. The molecule has 0 aromatic heterocycles. The molecule has 1 atom stereocenters. The van der Waals surface area contributed by atoms with Gasteiger partial charge < -0.3 is 5.11 Å². The fourth-order valence-corrected chi connectivity index (χ4v) is 1.47. The third-order valence-corrected chi connectivity index (χ3v) is 1.88. The molecule has 0 aliphatic carbocycles. The summed E-state index contributed by atoms with van der Waals surface area (Å²) in [5.74, 6) is 0.0751. The van der Waals surface area contributed by atoms with Crippen LogP contribution in [-0.4, -0.2) is 35.2 Å². The monoisotopic (exact) mass is 154 g/mol. The van der Waals surface area contributed by atoms with E-state index in [0.29, 0.717) is 13.1 Å². The molecule has 1 saturated heterocycles. The van der Waals surface area contributed by atoms with Gasteiger partial charge in [0.25, 0.3) is 0 Å². The number of rotatable bonds is 2. The first-order chi connectivity index (χ1) is 5.03. The van der Waals surface area contributed by atoms with Crippen molar-refractivity contribution in [3.8, 4) is 6.07 Å². The molecule has 11 heavy (non-hydrogen) atoms. The van der Waals surface area contributed by atoms with E-state index in [-0.39, 0.29) is 5.92 Å². The molecule has 0 saturated carbocycles. The van der Waals surface area contributed by atoms with E-state index in [2.05, 4.69) is 11.0 Å². The maximum absolute atomic E-state index is 9.34. The van der Waals surface area contributed by atoms with Gasteiger partial charge in [-0.05, 0) is 13.8 Å². The van der Waals surface area contributed by atoms with Gasteiger partial charge in [0.05, 0.1) is 17.6 Å². The lowest BCUT2D eigenvalue weighted by molar-refractivity contribution is -0.0855. The quantitative estimate of drug-likeness (QED) is 0.618. The average Bonchev–Trinajstić information content (AvgIpc) is 1.83. The molecule has 0 aromatic carbocycles. The highest BCUT2D eigenvalue weighted by atomic mass is 16.3. The molecular weight excluding hydrogens is 140 g/mol. The largest absolute Gasteiger partial charge is 0.388 e. The fourth-order valence-electron chi connectivity index (χ4n) is 1.47. The predicted octanol–water partition coefficient (Wildman–Crippen LogP) is 0.213. The number of hydrogen-bond acceptors (Lipinski definition) is 3. The van der Waals surface area contributed by atoms with Crippen molar-refractivity contribution < 1.29 is 5.11 Å². The lowest BCUT2D eigenvalue weighted by Crippen LogP contribution is -2.60. The third kappa shape index (κ3) is 2.18. The van der Waals surface area contributed by atoms with E-state index in [0.717, 1.165) is 6.54 Å². The van der Waals surface area contributed by atoms with Gasteiger partial charge in [0.1, 0.15) is 0 Å². The summed E-state index contributed by atoms with van der Waals surface area (Å²) >= 11 is 0. The van der Waals surface area contributed by atoms with E-state index in [4.69, 9.17) is 5.26 Å². The summed E-state index contributed by atoms with van der Waals surface area (Å²) in [7, 11) is 0. The van der Waals surface area contributed by atoms with Crippen LogP contribution in [0.1, 0.15) is 13.8 Å². The van der Waals surface area contributed by atoms with Gasteiger partial charge in [-0.3, -0.25) is 4.90 Å². The van der Waals surface area contributed by atoms with Crippen LogP contribution >= 0.6 is 0 Å². The summed E-state index contributed by atoms with van der Waals surface area (Å²) in [5.41, 5.74) is -0.505.